The van der Waals surface area contributed by atoms with Crippen molar-refractivity contribution in [1.82, 2.24) is 9.88 Å². The Morgan fingerprint density at radius 2 is 1.96 bits per heavy atom. The molecule has 1 aromatic heterocycles. The molecular formula is C19H17Cl2N5O. The molecule has 1 aromatic carbocycles. The van der Waals surface area contributed by atoms with Crippen LogP contribution < -0.4 is 10.2 Å². The summed E-state index contributed by atoms with van der Waals surface area (Å²) in [7, 11) is 0. The number of aromatic nitrogens is 1. The number of hydrogen-bond donors (Lipinski definition) is 1. The Kier molecular flexibility index (Phi) is 6.17. The van der Waals surface area contributed by atoms with Gasteiger partial charge in [0, 0.05) is 43.6 Å². The maximum atomic E-state index is 12.4. The fourth-order valence-corrected chi connectivity index (χ4v) is 3.18. The van der Waals surface area contributed by atoms with Gasteiger partial charge in [0.15, 0.2) is 0 Å². The normalized spacial score (nSPS) is 14.6. The minimum absolute atomic E-state index is 0.0207. The van der Waals surface area contributed by atoms with Gasteiger partial charge in [-0.1, -0.05) is 29.3 Å². The Bertz CT molecular complexity index is 887. The van der Waals surface area contributed by atoms with Crippen LogP contribution in [0, 0.1) is 11.3 Å². The van der Waals surface area contributed by atoms with E-state index < -0.39 is 5.91 Å². The molecule has 0 unspecified atom stereocenters. The maximum Gasteiger partial charge on any atom is 0.267 e. The lowest BCUT2D eigenvalue weighted by Crippen LogP contribution is -2.44. The Morgan fingerprint density at radius 3 is 2.59 bits per heavy atom. The SMILES string of the molecule is N#C/C(=C/N1CCN(c2ccccn2)CC1)C(=O)Nc1ccc(Cl)cc1Cl. The van der Waals surface area contributed by atoms with Gasteiger partial charge in [-0.15, -0.1) is 0 Å². The van der Waals surface area contributed by atoms with Crippen LogP contribution in [0.15, 0.2) is 54.4 Å². The molecule has 1 amide bonds. The minimum atomic E-state index is -0.506. The first kappa shape index (κ1) is 19.0. The largest absolute Gasteiger partial charge is 0.373 e. The van der Waals surface area contributed by atoms with Crippen LogP contribution in [0.3, 0.4) is 0 Å². The summed E-state index contributed by atoms with van der Waals surface area (Å²) < 4.78 is 0. The van der Waals surface area contributed by atoms with Gasteiger partial charge >= 0.3 is 0 Å². The summed E-state index contributed by atoms with van der Waals surface area (Å²) in [6, 6.07) is 12.5. The van der Waals surface area contributed by atoms with E-state index in [1.807, 2.05) is 29.2 Å². The number of benzene rings is 1. The molecule has 6 nitrogen and oxygen atoms in total. The number of nitrogens with zero attached hydrogens (tertiary/aromatic N) is 4. The monoisotopic (exact) mass is 401 g/mol. The van der Waals surface area contributed by atoms with Gasteiger partial charge in [-0.25, -0.2) is 4.98 Å². The van der Waals surface area contributed by atoms with Gasteiger partial charge in [0.25, 0.3) is 5.91 Å². The number of hydrogen-bond acceptors (Lipinski definition) is 5. The first-order chi connectivity index (χ1) is 13.1. The summed E-state index contributed by atoms with van der Waals surface area (Å²) in [5.41, 5.74) is 0.430. The van der Waals surface area contributed by atoms with Crippen molar-refractivity contribution in [1.29, 1.82) is 5.26 Å². The molecule has 0 saturated carbocycles. The highest BCUT2D eigenvalue weighted by atomic mass is 35.5. The molecule has 0 radical (unpaired) electrons. The molecule has 1 fully saturated rings. The number of nitriles is 1. The predicted molar refractivity (Wildman–Crippen MR) is 107 cm³/mol. The van der Waals surface area contributed by atoms with Crippen LogP contribution in [0.1, 0.15) is 0 Å². The Labute approximate surface area is 167 Å². The van der Waals surface area contributed by atoms with Crippen LogP contribution >= 0.6 is 23.2 Å². The lowest BCUT2D eigenvalue weighted by Gasteiger charge is -2.34. The lowest BCUT2D eigenvalue weighted by molar-refractivity contribution is -0.112. The van der Waals surface area contributed by atoms with E-state index in [0.717, 1.165) is 18.9 Å². The zero-order valence-electron chi connectivity index (χ0n) is 14.4. The van der Waals surface area contributed by atoms with Crippen molar-refractivity contribution in [3.05, 3.63) is 64.4 Å². The van der Waals surface area contributed by atoms with Gasteiger partial charge in [0.1, 0.15) is 17.5 Å². The van der Waals surface area contributed by atoms with E-state index >= 15 is 0 Å². The number of carbonyl (C=O) groups excluding carboxylic acids is 1. The van der Waals surface area contributed by atoms with Crippen LogP contribution in [0.5, 0.6) is 0 Å². The molecule has 0 aliphatic carbocycles. The van der Waals surface area contributed by atoms with Crippen molar-refractivity contribution in [3.8, 4) is 6.07 Å². The predicted octanol–water partition coefficient (Wildman–Crippen LogP) is 3.56. The van der Waals surface area contributed by atoms with Crippen molar-refractivity contribution < 1.29 is 4.79 Å². The lowest BCUT2D eigenvalue weighted by atomic mass is 10.2. The number of rotatable bonds is 4. The summed E-state index contributed by atoms with van der Waals surface area (Å²) in [6.07, 6.45) is 3.36. The van der Waals surface area contributed by atoms with Crippen LogP contribution in [0.4, 0.5) is 11.5 Å². The smallest absolute Gasteiger partial charge is 0.267 e. The fraction of sp³-hybridized carbons (Fsp3) is 0.211. The number of anilines is 2. The maximum absolute atomic E-state index is 12.4. The van der Waals surface area contributed by atoms with E-state index in [4.69, 9.17) is 23.2 Å². The molecule has 138 valence electrons. The molecule has 0 spiro atoms. The van der Waals surface area contributed by atoms with Crippen molar-refractivity contribution in [2.75, 3.05) is 36.4 Å². The van der Waals surface area contributed by atoms with Crippen molar-refractivity contribution in [3.63, 3.8) is 0 Å². The zero-order valence-corrected chi connectivity index (χ0v) is 15.9. The van der Waals surface area contributed by atoms with E-state index in [1.165, 1.54) is 6.07 Å². The molecule has 2 heterocycles. The van der Waals surface area contributed by atoms with Crippen molar-refractivity contribution >= 4 is 40.6 Å². The third kappa shape index (κ3) is 4.91. The van der Waals surface area contributed by atoms with E-state index in [1.54, 1.807) is 24.5 Å². The second kappa shape index (κ2) is 8.76. The summed E-state index contributed by atoms with van der Waals surface area (Å²) in [6.45, 7) is 2.90. The summed E-state index contributed by atoms with van der Waals surface area (Å²) in [5, 5.41) is 12.8. The molecule has 1 N–H and O–H groups in total. The summed E-state index contributed by atoms with van der Waals surface area (Å²) in [4.78, 5) is 20.9. The number of amides is 1. The first-order valence-corrected chi connectivity index (χ1v) is 9.11. The van der Waals surface area contributed by atoms with Gasteiger partial charge in [-0.3, -0.25) is 4.79 Å². The molecule has 3 rings (SSSR count). The Hall–Kier alpha value is -2.75. The Morgan fingerprint density at radius 1 is 1.19 bits per heavy atom. The minimum Gasteiger partial charge on any atom is -0.373 e. The number of piperazine rings is 1. The van der Waals surface area contributed by atoms with Crippen LogP contribution in [0.25, 0.3) is 0 Å². The highest BCUT2D eigenvalue weighted by Crippen LogP contribution is 2.25. The highest BCUT2D eigenvalue weighted by Gasteiger charge is 2.18. The summed E-state index contributed by atoms with van der Waals surface area (Å²) >= 11 is 11.9. The molecule has 1 aliphatic heterocycles. The fourth-order valence-electron chi connectivity index (χ4n) is 2.72. The topological polar surface area (TPSA) is 72.3 Å². The van der Waals surface area contributed by atoms with Gasteiger partial charge in [-0.05, 0) is 30.3 Å². The van der Waals surface area contributed by atoms with E-state index in [2.05, 4.69) is 15.2 Å². The Balaban J connectivity index is 1.63. The quantitative estimate of drug-likeness (QED) is 0.626. The van der Waals surface area contributed by atoms with Gasteiger partial charge < -0.3 is 15.1 Å². The molecule has 1 saturated heterocycles. The molecule has 1 aliphatic rings. The van der Waals surface area contributed by atoms with Crippen LogP contribution in [-0.2, 0) is 4.79 Å². The molecular weight excluding hydrogens is 385 g/mol. The molecule has 0 atom stereocenters. The van der Waals surface area contributed by atoms with Crippen LogP contribution in [-0.4, -0.2) is 42.0 Å². The standard InChI is InChI=1S/C19H17Cl2N5O/c20-15-4-5-17(16(21)11-15)24-19(27)14(12-22)13-25-7-9-26(10-8-25)18-3-1-2-6-23-18/h1-6,11,13H,7-10H2,(H,24,27)/b14-13-. The third-order valence-corrected chi connectivity index (χ3v) is 4.69. The van der Waals surface area contributed by atoms with Gasteiger partial charge in [0.05, 0.1) is 10.7 Å². The summed E-state index contributed by atoms with van der Waals surface area (Å²) in [5.74, 6) is 0.422. The average Bonchev–Trinajstić information content (AvgIpc) is 2.69. The van der Waals surface area contributed by atoms with Gasteiger partial charge in [-0.2, -0.15) is 5.26 Å². The molecule has 2 aromatic rings. The van der Waals surface area contributed by atoms with Crippen molar-refractivity contribution in [2.24, 2.45) is 0 Å². The van der Waals surface area contributed by atoms with E-state index in [-0.39, 0.29) is 5.57 Å². The highest BCUT2D eigenvalue weighted by molar-refractivity contribution is 6.36. The van der Waals surface area contributed by atoms with E-state index in [9.17, 15) is 10.1 Å². The third-order valence-electron chi connectivity index (χ3n) is 4.14. The van der Waals surface area contributed by atoms with Crippen LogP contribution in [0.2, 0.25) is 10.0 Å². The zero-order chi connectivity index (χ0) is 19.2. The average molecular weight is 402 g/mol. The second-order valence-electron chi connectivity index (χ2n) is 5.94. The number of nitrogens with one attached hydrogen (secondary N) is 1. The number of halogens is 2. The number of carbonyl (C=O) groups is 1. The van der Waals surface area contributed by atoms with E-state index in [0.29, 0.717) is 28.8 Å². The first-order valence-electron chi connectivity index (χ1n) is 8.35. The van der Waals surface area contributed by atoms with Gasteiger partial charge in [0.2, 0.25) is 0 Å². The number of pyridine rings is 1. The van der Waals surface area contributed by atoms with Crippen molar-refractivity contribution in [2.45, 2.75) is 0 Å². The molecule has 8 heteroatoms. The second-order valence-corrected chi connectivity index (χ2v) is 6.79. The molecule has 0 bridgehead atoms. The molecule has 27 heavy (non-hydrogen) atoms.